The van der Waals surface area contributed by atoms with Crippen LogP contribution in [0.5, 0.6) is 11.5 Å². The van der Waals surface area contributed by atoms with Gasteiger partial charge in [0.2, 0.25) is 5.91 Å². The van der Waals surface area contributed by atoms with Gasteiger partial charge in [0, 0.05) is 13.1 Å². The Morgan fingerprint density at radius 3 is 2.12 bits per heavy atom. The van der Waals surface area contributed by atoms with Gasteiger partial charge in [0.25, 0.3) is 0 Å². The summed E-state index contributed by atoms with van der Waals surface area (Å²) in [5.74, 6) is 4.24. The van der Waals surface area contributed by atoms with Gasteiger partial charge in [-0.2, -0.15) is 0 Å². The molecule has 4 aliphatic carbocycles. The van der Waals surface area contributed by atoms with Crippen LogP contribution < -0.4 is 9.47 Å². The van der Waals surface area contributed by atoms with E-state index >= 15 is 0 Å². The van der Waals surface area contributed by atoms with Gasteiger partial charge < -0.3 is 14.4 Å². The van der Waals surface area contributed by atoms with Crippen molar-refractivity contribution in [3.63, 3.8) is 0 Å². The van der Waals surface area contributed by atoms with Crippen molar-refractivity contribution < 1.29 is 14.3 Å². The third-order valence-corrected chi connectivity index (χ3v) is 6.98. The van der Waals surface area contributed by atoms with Crippen LogP contribution in [-0.4, -0.2) is 31.6 Å². The van der Waals surface area contributed by atoms with Crippen LogP contribution in [-0.2, 0) is 11.3 Å². The fourth-order valence-corrected chi connectivity index (χ4v) is 6.23. The molecule has 4 nitrogen and oxygen atoms in total. The van der Waals surface area contributed by atoms with Gasteiger partial charge in [-0.3, -0.25) is 4.79 Å². The highest BCUT2D eigenvalue weighted by molar-refractivity contribution is 5.83. The molecule has 4 fully saturated rings. The Hall–Kier alpha value is -1.71. The lowest BCUT2D eigenvalue weighted by Gasteiger charge is -2.56. The van der Waals surface area contributed by atoms with Gasteiger partial charge >= 0.3 is 0 Å². The van der Waals surface area contributed by atoms with Crippen LogP contribution in [0.15, 0.2) is 18.2 Å². The summed E-state index contributed by atoms with van der Waals surface area (Å²) in [6, 6.07) is 5.96. The van der Waals surface area contributed by atoms with Gasteiger partial charge in [0.15, 0.2) is 11.5 Å². The molecule has 4 heteroatoms. The summed E-state index contributed by atoms with van der Waals surface area (Å²) in [5.41, 5.74) is 1.03. The van der Waals surface area contributed by atoms with Crippen molar-refractivity contribution in [1.82, 2.24) is 4.90 Å². The van der Waals surface area contributed by atoms with Gasteiger partial charge in [0.1, 0.15) is 0 Å². The van der Waals surface area contributed by atoms with Crippen LogP contribution in [0.25, 0.3) is 0 Å². The van der Waals surface area contributed by atoms with Gasteiger partial charge in [-0.1, -0.05) is 6.07 Å². The van der Waals surface area contributed by atoms with Crippen molar-refractivity contribution in [2.75, 3.05) is 20.8 Å². The molecule has 0 spiro atoms. The summed E-state index contributed by atoms with van der Waals surface area (Å²) in [4.78, 5) is 15.6. The minimum atomic E-state index is -0.0681. The predicted molar refractivity (Wildman–Crippen MR) is 101 cm³/mol. The first-order valence-corrected chi connectivity index (χ1v) is 10.1. The van der Waals surface area contributed by atoms with Crippen LogP contribution in [0, 0.1) is 23.2 Å². The number of rotatable bonds is 6. The smallest absolute Gasteiger partial charge is 0.229 e. The third-order valence-electron chi connectivity index (χ3n) is 6.98. The molecular formula is C22H31NO3. The minimum Gasteiger partial charge on any atom is -0.493 e. The highest BCUT2D eigenvalue weighted by Gasteiger charge is 2.55. The summed E-state index contributed by atoms with van der Waals surface area (Å²) >= 11 is 0. The number of amides is 1. The fourth-order valence-electron chi connectivity index (χ4n) is 6.23. The van der Waals surface area contributed by atoms with Crippen molar-refractivity contribution in [3.8, 4) is 11.5 Å². The zero-order valence-electron chi connectivity index (χ0n) is 16.3. The third kappa shape index (κ3) is 2.97. The molecule has 142 valence electrons. The standard InChI is InChI=1S/C22H31NO3/c1-4-23(14-15-5-6-19(25-2)20(10-15)26-3)21(24)22-11-16-7-17(12-22)9-18(8-16)13-22/h5-6,10,16-18H,4,7-9,11-14H2,1-3H3. The number of ether oxygens (including phenoxy) is 2. The van der Waals surface area contributed by atoms with Crippen LogP contribution in [0.2, 0.25) is 0 Å². The van der Waals surface area contributed by atoms with Crippen molar-refractivity contribution in [2.24, 2.45) is 23.2 Å². The molecule has 0 atom stereocenters. The largest absolute Gasteiger partial charge is 0.493 e. The van der Waals surface area contributed by atoms with E-state index < -0.39 is 0 Å². The van der Waals surface area contributed by atoms with Crippen LogP contribution in [0.1, 0.15) is 51.0 Å². The molecule has 26 heavy (non-hydrogen) atoms. The second-order valence-corrected chi connectivity index (χ2v) is 8.71. The van der Waals surface area contributed by atoms with E-state index in [0.29, 0.717) is 12.5 Å². The number of carbonyl (C=O) groups is 1. The van der Waals surface area contributed by atoms with E-state index in [2.05, 4.69) is 11.8 Å². The van der Waals surface area contributed by atoms with Crippen molar-refractivity contribution >= 4 is 5.91 Å². The van der Waals surface area contributed by atoms with E-state index in [4.69, 9.17) is 9.47 Å². The maximum absolute atomic E-state index is 13.6. The number of benzene rings is 1. The number of nitrogens with zero attached hydrogens (tertiary/aromatic N) is 1. The van der Waals surface area contributed by atoms with Crippen molar-refractivity contribution in [1.29, 1.82) is 0 Å². The zero-order chi connectivity index (χ0) is 18.3. The second-order valence-electron chi connectivity index (χ2n) is 8.71. The van der Waals surface area contributed by atoms with E-state index in [0.717, 1.165) is 60.6 Å². The molecule has 0 aromatic heterocycles. The van der Waals surface area contributed by atoms with E-state index in [1.54, 1.807) is 14.2 Å². The first kappa shape index (κ1) is 17.7. The Morgan fingerprint density at radius 1 is 1.04 bits per heavy atom. The zero-order valence-corrected chi connectivity index (χ0v) is 16.3. The van der Waals surface area contributed by atoms with Crippen LogP contribution in [0.4, 0.5) is 0 Å². The molecule has 0 N–H and O–H groups in total. The average molecular weight is 357 g/mol. The first-order valence-electron chi connectivity index (χ1n) is 10.1. The predicted octanol–water partition coefficient (Wildman–Crippen LogP) is 4.27. The molecular weight excluding hydrogens is 326 g/mol. The second kappa shape index (κ2) is 6.79. The minimum absolute atomic E-state index is 0.0681. The summed E-state index contributed by atoms with van der Waals surface area (Å²) in [6.45, 7) is 3.51. The molecule has 1 aromatic carbocycles. The Bertz CT molecular complexity index is 649. The average Bonchev–Trinajstić information content (AvgIpc) is 2.64. The molecule has 0 saturated heterocycles. The molecule has 1 amide bonds. The van der Waals surface area contributed by atoms with Crippen molar-refractivity contribution in [3.05, 3.63) is 23.8 Å². The molecule has 4 bridgehead atoms. The summed E-state index contributed by atoms with van der Waals surface area (Å²) in [5, 5.41) is 0. The number of carbonyl (C=O) groups excluding carboxylic acids is 1. The Kier molecular flexibility index (Phi) is 4.62. The summed E-state index contributed by atoms with van der Waals surface area (Å²) < 4.78 is 10.8. The van der Waals surface area contributed by atoms with E-state index in [1.807, 2.05) is 18.2 Å². The monoisotopic (exact) mass is 357 g/mol. The maximum atomic E-state index is 13.6. The normalized spacial score (nSPS) is 31.7. The highest BCUT2D eigenvalue weighted by atomic mass is 16.5. The molecule has 1 aromatic rings. The van der Waals surface area contributed by atoms with Gasteiger partial charge in [-0.15, -0.1) is 0 Å². The van der Waals surface area contributed by atoms with E-state index in [1.165, 1.54) is 19.3 Å². The van der Waals surface area contributed by atoms with Crippen LogP contribution in [0.3, 0.4) is 0 Å². The molecule has 4 saturated carbocycles. The van der Waals surface area contributed by atoms with E-state index in [9.17, 15) is 4.79 Å². The summed E-state index contributed by atoms with van der Waals surface area (Å²) in [7, 11) is 3.30. The van der Waals surface area contributed by atoms with Crippen LogP contribution >= 0.6 is 0 Å². The highest BCUT2D eigenvalue weighted by Crippen LogP contribution is 2.60. The summed E-state index contributed by atoms with van der Waals surface area (Å²) in [6.07, 6.45) is 7.48. The lowest BCUT2D eigenvalue weighted by Crippen LogP contribution is -2.54. The topological polar surface area (TPSA) is 38.8 Å². The fraction of sp³-hybridized carbons (Fsp3) is 0.682. The Labute approximate surface area is 156 Å². The molecule has 0 aliphatic heterocycles. The van der Waals surface area contributed by atoms with Crippen molar-refractivity contribution in [2.45, 2.75) is 52.0 Å². The molecule has 0 heterocycles. The molecule has 0 radical (unpaired) electrons. The Morgan fingerprint density at radius 2 is 1.62 bits per heavy atom. The van der Waals surface area contributed by atoms with Gasteiger partial charge in [-0.25, -0.2) is 0 Å². The SMILES string of the molecule is CCN(Cc1ccc(OC)c(OC)c1)C(=O)C12CC3CC(CC(C3)C1)C2. The number of hydrogen-bond donors (Lipinski definition) is 0. The number of hydrogen-bond acceptors (Lipinski definition) is 3. The van der Waals surface area contributed by atoms with E-state index in [-0.39, 0.29) is 5.41 Å². The maximum Gasteiger partial charge on any atom is 0.229 e. The number of methoxy groups -OCH3 is 2. The first-order chi connectivity index (χ1) is 12.6. The molecule has 0 unspecified atom stereocenters. The molecule has 4 aliphatic rings. The Balaban J connectivity index is 1.53. The lowest BCUT2D eigenvalue weighted by molar-refractivity contribution is -0.158. The van der Waals surface area contributed by atoms with Gasteiger partial charge in [0.05, 0.1) is 19.6 Å². The quantitative estimate of drug-likeness (QED) is 0.763. The van der Waals surface area contributed by atoms with Gasteiger partial charge in [-0.05, 0) is 80.9 Å². The lowest BCUT2D eigenvalue weighted by atomic mass is 9.49. The molecule has 5 rings (SSSR count).